The minimum absolute atomic E-state index is 0.678. The Morgan fingerprint density at radius 3 is 3.22 bits per heavy atom. The summed E-state index contributed by atoms with van der Waals surface area (Å²) in [6.45, 7) is 4.40. The lowest BCUT2D eigenvalue weighted by Crippen LogP contribution is -1.73. The topological polar surface area (TPSA) is 25.0 Å². The molecule has 0 amide bonds. The van der Waals surface area contributed by atoms with E-state index < -0.39 is 0 Å². The fourth-order valence-corrected chi connectivity index (χ4v) is 1.02. The van der Waals surface area contributed by atoms with E-state index in [9.17, 15) is 0 Å². The average Bonchev–Trinajstić information content (AvgIpc) is 2.35. The molecule has 0 spiro atoms. The van der Waals surface area contributed by atoms with Crippen LogP contribution in [0.3, 0.4) is 0 Å². The second-order valence-electron chi connectivity index (χ2n) is 2.11. The predicted octanol–water partition coefficient (Wildman–Crippen LogP) is 1.52. The van der Waals surface area contributed by atoms with Crippen LogP contribution in [0, 0.1) is 0 Å². The Morgan fingerprint density at radius 1 is 1.56 bits per heavy atom. The van der Waals surface area contributed by atoms with E-state index in [1.807, 2.05) is 12.4 Å². The molecule has 1 N–H and O–H groups in total. The third-order valence-corrected chi connectivity index (χ3v) is 1.53. The molecule has 2 nitrogen and oxygen atoms in total. The third-order valence-electron chi connectivity index (χ3n) is 1.53. The molecule has 0 bridgehead atoms. The number of hydrogen-bond donors (Lipinski definition) is 1. The highest BCUT2D eigenvalue weighted by Gasteiger charge is 2.15. The van der Waals surface area contributed by atoms with Crippen LogP contribution >= 0.6 is 0 Å². The second kappa shape index (κ2) is 1.41. The normalized spacial score (nSPS) is 15.3. The average molecular weight is 121 g/mol. The Balaban J connectivity index is 2.61. The molecule has 0 fully saturated rings. The second-order valence-corrected chi connectivity index (χ2v) is 2.11. The van der Waals surface area contributed by atoms with Gasteiger partial charge in [-0.15, -0.1) is 0 Å². The zero-order chi connectivity index (χ0) is 6.27. The van der Waals surface area contributed by atoms with Crippen LogP contribution in [0.5, 0.6) is 0 Å². The van der Waals surface area contributed by atoms with Crippen molar-refractivity contribution >= 4 is 5.76 Å². The molecule has 1 aliphatic rings. The van der Waals surface area contributed by atoms with Crippen molar-refractivity contribution in [3.63, 3.8) is 0 Å². The molecule has 0 atom stereocenters. The van der Waals surface area contributed by atoms with E-state index in [-0.39, 0.29) is 0 Å². The number of H-pyrrole nitrogens is 1. The van der Waals surface area contributed by atoms with Crippen molar-refractivity contribution in [1.29, 1.82) is 0 Å². The summed E-state index contributed by atoms with van der Waals surface area (Å²) in [7, 11) is 0. The molecule has 1 aromatic heterocycles. The molecule has 2 rings (SSSR count). The van der Waals surface area contributed by atoms with Gasteiger partial charge in [-0.3, -0.25) is 0 Å². The van der Waals surface area contributed by atoms with Gasteiger partial charge in [-0.2, -0.15) is 0 Å². The fraction of sp³-hybridized carbons (Fsp3) is 0.143. The monoisotopic (exact) mass is 121 g/mol. The van der Waals surface area contributed by atoms with Gasteiger partial charge < -0.3 is 9.72 Å². The first-order chi connectivity index (χ1) is 4.38. The van der Waals surface area contributed by atoms with Crippen LogP contribution in [0.25, 0.3) is 5.76 Å². The Kier molecular flexibility index (Phi) is 0.730. The van der Waals surface area contributed by atoms with E-state index in [2.05, 4.69) is 11.6 Å². The van der Waals surface area contributed by atoms with Crippen molar-refractivity contribution < 1.29 is 4.74 Å². The Labute approximate surface area is 53.2 Å². The number of rotatable bonds is 0. The van der Waals surface area contributed by atoms with Crippen LogP contribution in [0.4, 0.5) is 0 Å². The van der Waals surface area contributed by atoms with Gasteiger partial charge in [0.05, 0.1) is 0 Å². The maximum Gasteiger partial charge on any atom is 0.121 e. The number of fused-ring (bicyclic) bond motifs is 1. The van der Waals surface area contributed by atoms with E-state index in [0.29, 0.717) is 6.61 Å². The summed E-state index contributed by atoms with van der Waals surface area (Å²) >= 11 is 0. The number of hydrogen-bond acceptors (Lipinski definition) is 1. The van der Waals surface area contributed by atoms with Crippen molar-refractivity contribution in [2.24, 2.45) is 0 Å². The number of aromatic amines is 1. The lowest BCUT2D eigenvalue weighted by atomic mass is 10.2. The zero-order valence-electron chi connectivity index (χ0n) is 4.98. The highest BCUT2D eigenvalue weighted by molar-refractivity contribution is 5.63. The van der Waals surface area contributed by atoms with Crippen molar-refractivity contribution in [3.05, 3.63) is 30.1 Å². The van der Waals surface area contributed by atoms with E-state index in [4.69, 9.17) is 4.74 Å². The van der Waals surface area contributed by atoms with Gasteiger partial charge in [-0.05, 0) is 0 Å². The summed E-state index contributed by atoms with van der Waals surface area (Å²) in [6, 6.07) is 0. The molecular weight excluding hydrogens is 114 g/mol. The molecule has 46 valence electrons. The fourth-order valence-electron chi connectivity index (χ4n) is 1.02. The van der Waals surface area contributed by atoms with Gasteiger partial charge in [0.1, 0.15) is 12.4 Å². The van der Waals surface area contributed by atoms with Gasteiger partial charge in [-0.25, -0.2) is 0 Å². The largest absolute Gasteiger partial charge is 0.489 e. The maximum atomic E-state index is 5.15. The van der Waals surface area contributed by atoms with Crippen LogP contribution in [-0.4, -0.2) is 4.98 Å². The standard InChI is InChI=1S/C7H7NO/c1-5-7-3-8-2-6(7)4-9-5/h2-3,8H,1,4H2. The summed E-state index contributed by atoms with van der Waals surface area (Å²) in [4.78, 5) is 2.99. The van der Waals surface area contributed by atoms with Crippen molar-refractivity contribution in [2.45, 2.75) is 6.61 Å². The van der Waals surface area contributed by atoms with Crippen molar-refractivity contribution in [1.82, 2.24) is 4.98 Å². The molecule has 2 heteroatoms. The molecule has 0 radical (unpaired) electrons. The van der Waals surface area contributed by atoms with Gasteiger partial charge in [0.15, 0.2) is 0 Å². The smallest absolute Gasteiger partial charge is 0.121 e. The first-order valence-electron chi connectivity index (χ1n) is 2.85. The summed E-state index contributed by atoms with van der Waals surface area (Å²) in [5.74, 6) is 0.784. The molecule has 0 unspecified atom stereocenters. The van der Waals surface area contributed by atoms with Crippen LogP contribution in [0.1, 0.15) is 11.1 Å². The number of ether oxygens (including phenoxy) is 1. The quantitative estimate of drug-likeness (QED) is 0.553. The molecule has 9 heavy (non-hydrogen) atoms. The van der Waals surface area contributed by atoms with Crippen LogP contribution in [-0.2, 0) is 11.3 Å². The zero-order valence-corrected chi connectivity index (χ0v) is 4.98. The predicted molar refractivity (Wildman–Crippen MR) is 34.6 cm³/mol. The van der Waals surface area contributed by atoms with Crippen LogP contribution in [0.15, 0.2) is 19.0 Å². The molecule has 1 aromatic rings. The van der Waals surface area contributed by atoms with Crippen molar-refractivity contribution in [2.75, 3.05) is 0 Å². The SMILES string of the molecule is C=C1OCc2c[nH]cc21. The Morgan fingerprint density at radius 2 is 2.44 bits per heavy atom. The molecule has 0 aliphatic carbocycles. The number of aromatic nitrogens is 1. The van der Waals surface area contributed by atoms with Crippen LogP contribution < -0.4 is 0 Å². The Hall–Kier alpha value is -1.18. The van der Waals surface area contributed by atoms with Gasteiger partial charge in [0.2, 0.25) is 0 Å². The minimum Gasteiger partial charge on any atom is -0.489 e. The van der Waals surface area contributed by atoms with Crippen LogP contribution in [0.2, 0.25) is 0 Å². The van der Waals surface area contributed by atoms with E-state index in [1.54, 1.807) is 0 Å². The first-order valence-corrected chi connectivity index (χ1v) is 2.85. The maximum absolute atomic E-state index is 5.15. The van der Waals surface area contributed by atoms with E-state index in [0.717, 1.165) is 11.3 Å². The van der Waals surface area contributed by atoms with E-state index >= 15 is 0 Å². The highest BCUT2D eigenvalue weighted by atomic mass is 16.5. The van der Waals surface area contributed by atoms with Gasteiger partial charge in [0, 0.05) is 23.5 Å². The van der Waals surface area contributed by atoms with Gasteiger partial charge in [-0.1, -0.05) is 6.58 Å². The summed E-state index contributed by atoms with van der Waals surface area (Å²) in [5.41, 5.74) is 2.33. The van der Waals surface area contributed by atoms with Gasteiger partial charge >= 0.3 is 0 Å². The lowest BCUT2D eigenvalue weighted by molar-refractivity contribution is 0.285. The lowest BCUT2D eigenvalue weighted by Gasteiger charge is -1.91. The molecule has 2 heterocycles. The first kappa shape index (κ1) is 4.68. The molecule has 0 saturated heterocycles. The summed E-state index contributed by atoms with van der Waals surface area (Å²) in [6.07, 6.45) is 3.85. The molecule has 1 aliphatic heterocycles. The molecular formula is C7H7NO. The minimum atomic E-state index is 0.678. The van der Waals surface area contributed by atoms with E-state index in [1.165, 1.54) is 5.56 Å². The third kappa shape index (κ3) is 0.499. The molecule has 0 aromatic carbocycles. The number of nitrogens with one attached hydrogen (secondary N) is 1. The molecule has 0 saturated carbocycles. The van der Waals surface area contributed by atoms with Crippen molar-refractivity contribution in [3.8, 4) is 0 Å². The van der Waals surface area contributed by atoms with Gasteiger partial charge in [0.25, 0.3) is 0 Å². The summed E-state index contributed by atoms with van der Waals surface area (Å²) < 4.78 is 5.15. The highest BCUT2D eigenvalue weighted by Crippen LogP contribution is 2.26. The summed E-state index contributed by atoms with van der Waals surface area (Å²) in [5, 5.41) is 0. The Bertz CT molecular complexity index is 249.